The Hall–Kier alpha value is -4.88. The molecule has 1 aliphatic rings. The molecule has 0 amide bonds. The Morgan fingerprint density at radius 3 is 2.50 bits per heavy atom. The quantitative estimate of drug-likeness (QED) is 0.355. The van der Waals surface area contributed by atoms with Gasteiger partial charge in [-0.2, -0.15) is 5.26 Å². The Morgan fingerprint density at radius 2 is 1.71 bits per heavy atom. The highest BCUT2D eigenvalue weighted by Gasteiger charge is 2.21. The molecule has 3 N–H and O–H groups in total. The molecule has 0 unspecified atom stereocenters. The Balaban J connectivity index is 1.16. The fourth-order valence-corrected chi connectivity index (χ4v) is 4.86. The first-order valence-corrected chi connectivity index (χ1v) is 12.5. The van der Waals surface area contributed by atoms with E-state index in [1.165, 1.54) is 5.56 Å². The number of benzene rings is 1. The van der Waals surface area contributed by atoms with E-state index in [9.17, 15) is 0 Å². The summed E-state index contributed by atoms with van der Waals surface area (Å²) in [6.07, 6.45) is 7.04. The molecule has 10 nitrogen and oxygen atoms in total. The van der Waals surface area contributed by atoms with Crippen molar-refractivity contribution >= 4 is 22.9 Å². The monoisotopic (exact) mass is 502 g/mol. The Morgan fingerprint density at radius 1 is 0.921 bits per heavy atom. The maximum atomic E-state index is 9.05. The largest absolute Gasteiger partial charge is 0.383 e. The number of hydrogen-bond acceptors (Lipinski definition) is 9. The number of imidazole rings is 1. The van der Waals surface area contributed by atoms with Crippen molar-refractivity contribution in [3.8, 4) is 23.1 Å². The molecule has 0 saturated carbocycles. The SMILES string of the molecule is N#Cc1ccnc(NC2CCN(Cc3ccc(-n4c(-c5cccnc5N)nc5cccnc54)cc3)CC2)n1. The van der Waals surface area contributed by atoms with Crippen molar-refractivity contribution in [2.45, 2.75) is 25.4 Å². The van der Waals surface area contributed by atoms with Crippen LogP contribution in [0.5, 0.6) is 0 Å². The summed E-state index contributed by atoms with van der Waals surface area (Å²) in [5.74, 6) is 1.67. The number of nitrogens with zero attached hydrogens (tertiary/aromatic N) is 8. The van der Waals surface area contributed by atoms with Crippen LogP contribution >= 0.6 is 0 Å². The number of nitrogens with one attached hydrogen (secondary N) is 1. The second-order valence-electron chi connectivity index (χ2n) is 9.29. The van der Waals surface area contributed by atoms with Crippen molar-refractivity contribution in [2.75, 3.05) is 24.1 Å². The summed E-state index contributed by atoms with van der Waals surface area (Å²) in [5, 5.41) is 12.4. The van der Waals surface area contributed by atoms with E-state index in [1.807, 2.05) is 28.8 Å². The van der Waals surface area contributed by atoms with Crippen LogP contribution in [0, 0.1) is 11.3 Å². The van der Waals surface area contributed by atoms with Crippen molar-refractivity contribution < 1.29 is 0 Å². The van der Waals surface area contributed by atoms with Gasteiger partial charge in [0.15, 0.2) is 11.5 Å². The van der Waals surface area contributed by atoms with Gasteiger partial charge in [0.2, 0.25) is 5.95 Å². The lowest BCUT2D eigenvalue weighted by Gasteiger charge is -2.32. The number of nitrogens with two attached hydrogens (primary N) is 1. The minimum atomic E-state index is 0.294. The van der Waals surface area contributed by atoms with Gasteiger partial charge >= 0.3 is 0 Å². The van der Waals surface area contributed by atoms with E-state index < -0.39 is 0 Å². The zero-order valence-corrected chi connectivity index (χ0v) is 20.7. The molecule has 5 aromatic rings. The van der Waals surface area contributed by atoms with Gasteiger partial charge in [-0.15, -0.1) is 0 Å². The van der Waals surface area contributed by atoms with Crippen LogP contribution in [0.25, 0.3) is 28.2 Å². The molecule has 0 spiro atoms. The lowest BCUT2D eigenvalue weighted by molar-refractivity contribution is 0.211. The van der Waals surface area contributed by atoms with E-state index in [1.54, 1.807) is 24.7 Å². The van der Waals surface area contributed by atoms with Crippen LogP contribution in [0.4, 0.5) is 11.8 Å². The number of fused-ring (bicyclic) bond motifs is 1. The molecule has 0 aliphatic carbocycles. The van der Waals surface area contributed by atoms with Crippen molar-refractivity contribution in [3.05, 3.63) is 84.4 Å². The van der Waals surface area contributed by atoms with Crippen LogP contribution in [-0.2, 0) is 6.54 Å². The predicted octanol–water partition coefficient (Wildman–Crippen LogP) is 3.80. The number of hydrogen-bond donors (Lipinski definition) is 2. The number of anilines is 2. The number of rotatable bonds is 6. The van der Waals surface area contributed by atoms with Gasteiger partial charge in [0.1, 0.15) is 23.1 Å². The normalized spacial score (nSPS) is 14.4. The average Bonchev–Trinajstić information content (AvgIpc) is 3.34. The summed E-state index contributed by atoms with van der Waals surface area (Å²) < 4.78 is 2.03. The van der Waals surface area contributed by atoms with Gasteiger partial charge < -0.3 is 11.1 Å². The molecule has 10 heteroatoms. The van der Waals surface area contributed by atoms with Crippen LogP contribution in [0.1, 0.15) is 24.1 Å². The summed E-state index contributed by atoms with van der Waals surface area (Å²) in [5.41, 5.74) is 11.1. The molecule has 0 bridgehead atoms. The maximum absolute atomic E-state index is 9.05. The van der Waals surface area contributed by atoms with E-state index >= 15 is 0 Å². The third-order valence-corrected chi connectivity index (χ3v) is 6.79. The van der Waals surface area contributed by atoms with Crippen molar-refractivity contribution in [3.63, 3.8) is 0 Å². The Bertz CT molecular complexity index is 1610. The maximum Gasteiger partial charge on any atom is 0.224 e. The van der Waals surface area contributed by atoms with Crippen LogP contribution in [0.3, 0.4) is 0 Å². The molecule has 1 saturated heterocycles. The van der Waals surface area contributed by atoms with Crippen LogP contribution < -0.4 is 11.1 Å². The highest BCUT2D eigenvalue weighted by molar-refractivity contribution is 5.82. The minimum absolute atomic E-state index is 0.294. The second kappa shape index (κ2) is 10.2. The second-order valence-corrected chi connectivity index (χ2v) is 9.29. The van der Waals surface area contributed by atoms with E-state index in [2.05, 4.69) is 60.5 Å². The smallest absolute Gasteiger partial charge is 0.224 e. The zero-order chi connectivity index (χ0) is 25.9. The van der Waals surface area contributed by atoms with Gasteiger partial charge in [-0.1, -0.05) is 12.1 Å². The van der Waals surface area contributed by atoms with Gasteiger partial charge in [0, 0.05) is 50.0 Å². The van der Waals surface area contributed by atoms with Gasteiger partial charge in [-0.05, 0) is 60.9 Å². The number of likely N-dealkylation sites (tertiary alicyclic amines) is 1. The average molecular weight is 503 g/mol. The van der Waals surface area contributed by atoms with Crippen molar-refractivity contribution in [2.24, 2.45) is 0 Å². The highest BCUT2D eigenvalue weighted by Crippen LogP contribution is 2.30. The molecule has 0 atom stereocenters. The predicted molar refractivity (Wildman–Crippen MR) is 145 cm³/mol. The van der Waals surface area contributed by atoms with Gasteiger partial charge in [-0.25, -0.2) is 24.9 Å². The first-order valence-electron chi connectivity index (χ1n) is 12.5. The number of piperidine rings is 1. The van der Waals surface area contributed by atoms with Crippen LogP contribution in [0.2, 0.25) is 0 Å². The molecule has 38 heavy (non-hydrogen) atoms. The summed E-state index contributed by atoms with van der Waals surface area (Å²) in [4.78, 5) is 24.6. The summed E-state index contributed by atoms with van der Waals surface area (Å²) in [7, 11) is 0. The third kappa shape index (κ3) is 4.75. The molecule has 1 aliphatic heterocycles. The molecule has 1 fully saturated rings. The van der Waals surface area contributed by atoms with E-state index in [0.717, 1.165) is 60.7 Å². The zero-order valence-electron chi connectivity index (χ0n) is 20.7. The molecular formula is C28H26N10. The summed E-state index contributed by atoms with van der Waals surface area (Å²) in [6, 6.07) is 20.1. The fourth-order valence-electron chi connectivity index (χ4n) is 4.86. The van der Waals surface area contributed by atoms with Crippen LogP contribution in [0.15, 0.2) is 73.2 Å². The number of nitriles is 1. The molecular weight excluding hydrogens is 476 g/mol. The first-order chi connectivity index (χ1) is 18.7. The summed E-state index contributed by atoms with van der Waals surface area (Å²) >= 11 is 0. The summed E-state index contributed by atoms with van der Waals surface area (Å²) in [6.45, 7) is 2.81. The van der Waals surface area contributed by atoms with Gasteiger partial charge in [-0.3, -0.25) is 9.47 Å². The highest BCUT2D eigenvalue weighted by atomic mass is 15.2. The van der Waals surface area contributed by atoms with E-state index in [0.29, 0.717) is 23.5 Å². The molecule has 5 heterocycles. The van der Waals surface area contributed by atoms with Crippen molar-refractivity contribution in [1.29, 1.82) is 5.26 Å². The standard InChI is InChI=1S/C28H26N10/c29-17-21-9-14-33-28(35-21)34-20-10-15-37(16-11-20)18-19-5-7-22(8-6-19)38-26(23-3-1-12-31-25(23)30)36-24-4-2-13-32-27(24)38/h1-9,12-14,20H,10-11,15-16,18H2,(H2,30,31)(H,33,34,35). The van der Waals surface area contributed by atoms with Crippen molar-refractivity contribution in [1.82, 2.24) is 34.4 Å². The van der Waals surface area contributed by atoms with Gasteiger partial charge in [0.25, 0.3) is 0 Å². The molecule has 6 rings (SSSR count). The first kappa shape index (κ1) is 23.5. The number of pyridine rings is 2. The topological polar surface area (TPSA) is 134 Å². The number of nitrogen functional groups attached to an aromatic ring is 1. The van der Waals surface area contributed by atoms with E-state index in [-0.39, 0.29) is 0 Å². The van der Waals surface area contributed by atoms with Gasteiger partial charge in [0.05, 0.1) is 5.56 Å². The molecule has 188 valence electrons. The lowest BCUT2D eigenvalue weighted by atomic mass is 10.0. The van der Waals surface area contributed by atoms with E-state index in [4.69, 9.17) is 16.0 Å². The number of aromatic nitrogens is 6. The lowest BCUT2D eigenvalue weighted by Crippen LogP contribution is -2.39. The minimum Gasteiger partial charge on any atom is -0.383 e. The Labute approximate surface area is 219 Å². The molecule has 4 aromatic heterocycles. The molecule has 0 radical (unpaired) electrons. The van der Waals surface area contributed by atoms with Crippen LogP contribution in [-0.4, -0.2) is 53.5 Å². The molecule has 1 aromatic carbocycles. The third-order valence-electron chi connectivity index (χ3n) is 6.79. The Kier molecular flexibility index (Phi) is 6.34. The fraction of sp³-hybridized carbons (Fsp3) is 0.214.